The second-order valence-corrected chi connectivity index (χ2v) is 3.94. The Labute approximate surface area is 110 Å². The number of benzene rings is 2. The summed E-state index contributed by atoms with van der Waals surface area (Å²) < 4.78 is 52.2. The molecule has 0 amide bonds. The first-order valence-corrected chi connectivity index (χ1v) is 5.42. The Hall–Kier alpha value is -2.44. The summed E-state index contributed by atoms with van der Waals surface area (Å²) >= 11 is 0. The van der Waals surface area contributed by atoms with Gasteiger partial charge in [-0.15, -0.1) is 0 Å². The molecule has 3 nitrogen and oxygen atoms in total. The van der Waals surface area contributed by atoms with Crippen LogP contribution in [0.4, 0.5) is 23.2 Å². The fourth-order valence-electron chi connectivity index (χ4n) is 1.88. The molecule has 0 N–H and O–H groups in total. The van der Waals surface area contributed by atoms with Gasteiger partial charge in [-0.1, -0.05) is 24.3 Å². The van der Waals surface area contributed by atoms with Gasteiger partial charge >= 0.3 is 11.9 Å². The zero-order chi connectivity index (χ0) is 14.9. The van der Waals surface area contributed by atoms with Crippen molar-refractivity contribution in [1.29, 1.82) is 0 Å². The molecule has 0 spiro atoms. The molecule has 0 aliphatic rings. The van der Waals surface area contributed by atoms with Gasteiger partial charge < -0.3 is 0 Å². The largest absolute Gasteiger partial charge is 0.417 e. The van der Waals surface area contributed by atoms with E-state index in [1.807, 2.05) is 0 Å². The number of alkyl halides is 3. The molecule has 0 aromatic heterocycles. The number of halogens is 4. The van der Waals surface area contributed by atoms with E-state index in [4.69, 9.17) is 0 Å². The number of hydrogen-bond donors (Lipinski definition) is 0. The van der Waals surface area contributed by atoms with E-state index in [9.17, 15) is 27.7 Å². The summed E-state index contributed by atoms with van der Waals surface area (Å²) in [4.78, 5) is 9.83. The Morgan fingerprint density at radius 2 is 1.55 bits per heavy atom. The number of nitrogens with zero attached hydrogens (tertiary/aromatic N) is 1. The lowest BCUT2D eigenvalue weighted by Gasteiger charge is -2.13. The van der Waals surface area contributed by atoms with E-state index in [0.717, 1.165) is 36.4 Å². The van der Waals surface area contributed by atoms with Gasteiger partial charge in [-0.2, -0.15) is 17.6 Å². The highest BCUT2D eigenvalue weighted by atomic mass is 19.4. The van der Waals surface area contributed by atoms with E-state index < -0.39 is 39.3 Å². The average molecular weight is 285 g/mol. The van der Waals surface area contributed by atoms with Crippen molar-refractivity contribution < 1.29 is 22.5 Å². The van der Waals surface area contributed by atoms with Crippen LogP contribution < -0.4 is 0 Å². The number of nitro groups is 1. The first kappa shape index (κ1) is 14.0. The Bertz CT molecular complexity index is 668. The van der Waals surface area contributed by atoms with Crippen LogP contribution >= 0.6 is 0 Å². The first-order valence-electron chi connectivity index (χ1n) is 5.42. The molecule has 0 fully saturated rings. The summed E-state index contributed by atoms with van der Waals surface area (Å²) in [6, 6.07) is 7.39. The highest BCUT2D eigenvalue weighted by Gasteiger charge is 2.35. The fourth-order valence-corrected chi connectivity index (χ4v) is 1.88. The van der Waals surface area contributed by atoms with Gasteiger partial charge in [-0.3, -0.25) is 10.1 Å². The monoisotopic (exact) mass is 285 g/mol. The lowest BCUT2D eigenvalue weighted by Crippen LogP contribution is -2.08. The van der Waals surface area contributed by atoms with Gasteiger partial charge in [0, 0.05) is 5.56 Å². The van der Waals surface area contributed by atoms with Crippen LogP contribution in [0.5, 0.6) is 0 Å². The summed E-state index contributed by atoms with van der Waals surface area (Å²) in [7, 11) is 0. The van der Waals surface area contributed by atoms with Gasteiger partial charge in [0.05, 0.1) is 16.1 Å². The minimum atomic E-state index is -4.68. The highest BCUT2D eigenvalue weighted by molar-refractivity contribution is 5.76. The third-order valence-corrected chi connectivity index (χ3v) is 2.69. The maximum atomic E-state index is 13.5. The minimum absolute atomic E-state index is 0.400. The van der Waals surface area contributed by atoms with Crippen molar-refractivity contribution in [3.8, 4) is 11.1 Å². The molecule has 7 heteroatoms. The molecule has 0 saturated carbocycles. The third kappa shape index (κ3) is 2.47. The quantitative estimate of drug-likeness (QED) is 0.465. The summed E-state index contributed by atoms with van der Waals surface area (Å²) in [6.45, 7) is 0. The van der Waals surface area contributed by atoms with Crippen LogP contribution in [0.1, 0.15) is 5.56 Å². The molecular formula is C13H7F4NO2. The number of rotatable bonds is 2. The predicted octanol–water partition coefficient (Wildman–Crippen LogP) is 4.42. The predicted molar refractivity (Wildman–Crippen MR) is 63.5 cm³/mol. The molecule has 2 aromatic carbocycles. The van der Waals surface area contributed by atoms with Crippen LogP contribution in [0, 0.1) is 15.9 Å². The SMILES string of the molecule is O=[N+]([O-])c1c(F)cccc1-c1ccccc1C(F)(F)F. The second-order valence-electron chi connectivity index (χ2n) is 3.94. The van der Waals surface area contributed by atoms with Crippen molar-refractivity contribution in [2.45, 2.75) is 6.18 Å². The van der Waals surface area contributed by atoms with Crippen molar-refractivity contribution >= 4 is 5.69 Å². The topological polar surface area (TPSA) is 43.1 Å². The van der Waals surface area contributed by atoms with Gasteiger partial charge in [-0.25, -0.2) is 0 Å². The van der Waals surface area contributed by atoms with E-state index in [1.165, 1.54) is 6.07 Å². The lowest BCUT2D eigenvalue weighted by molar-refractivity contribution is -0.386. The van der Waals surface area contributed by atoms with E-state index in [1.54, 1.807) is 0 Å². The molecule has 104 valence electrons. The van der Waals surface area contributed by atoms with Crippen LogP contribution in [-0.4, -0.2) is 4.92 Å². The van der Waals surface area contributed by atoms with Crippen LogP contribution in [-0.2, 0) is 6.18 Å². The first-order chi connectivity index (χ1) is 9.32. The van der Waals surface area contributed by atoms with Crippen LogP contribution in [0.15, 0.2) is 42.5 Å². The number of nitro benzene ring substituents is 1. The summed E-state index contributed by atoms with van der Waals surface area (Å²) in [5.41, 5.74) is -2.84. The molecule has 0 bridgehead atoms. The van der Waals surface area contributed by atoms with Crippen molar-refractivity contribution in [3.05, 3.63) is 64.0 Å². The summed E-state index contributed by atoms with van der Waals surface area (Å²) in [5.74, 6) is -1.18. The Morgan fingerprint density at radius 3 is 2.15 bits per heavy atom. The standard InChI is InChI=1S/C13H7F4NO2/c14-11-7-3-5-9(12(11)18(19)20)8-4-1-2-6-10(8)13(15,16)17/h1-7H. The van der Waals surface area contributed by atoms with Crippen molar-refractivity contribution in [1.82, 2.24) is 0 Å². The minimum Gasteiger partial charge on any atom is -0.258 e. The fraction of sp³-hybridized carbons (Fsp3) is 0.0769. The molecule has 2 rings (SSSR count). The van der Waals surface area contributed by atoms with E-state index in [-0.39, 0.29) is 0 Å². The van der Waals surface area contributed by atoms with E-state index in [0.29, 0.717) is 0 Å². The molecular weight excluding hydrogens is 278 g/mol. The molecule has 0 atom stereocenters. The van der Waals surface area contributed by atoms with Crippen molar-refractivity contribution in [3.63, 3.8) is 0 Å². The smallest absolute Gasteiger partial charge is 0.258 e. The number of para-hydroxylation sites is 1. The zero-order valence-corrected chi connectivity index (χ0v) is 9.82. The third-order valence-electron chi connectivity index (χ3n) is 2.69. The number of hydrogen-bond acceptors (Lipinski definition) is 2. The van der Waals surface area contributed by atoms with E-state index >= 15 is 0 Å². The maximum Gasteiger partial charge on any atom is 0.417 e. The van der Waals surface area contributed by atoms with Crippen molar-refractivity contribution in [2.75, 3.05) is 0 Å². The van der Waals surface area contributed by atoms with Crippen LogP contribution in [0.25, 0.3) is 11.1 Å². The molecule has 0 saturated heterocycles. The van der Waals surface area contributed by atoms with Gasteiger partial charge in [0.2, 0.25) is 5.82 Å². The molecule has 2 aromatic rings. The second kappa shape index (κ2) is 4.92. The zero-order valence-electron chi connectivity index (χ0n) is 9.82. The van der Waals surface area contributed by atoms with Gasteiger partial charge in [0.1, 0.15) is 0 Å². The molecule has 0 heterocycles. The molecule has 0 aliphatic carbocycles. The molecule has 20 heavy (non-hydrogen) atoms. The average Bonchev–Trinajstić information content (AvgIpc) is 2.37. The highest BCUT2D eigenvalue weighted by Crippen LogP contribution is 2.40. The summed E-state index contributed by atoms with van der Waals surface area (Å²) in [5, 5.41) is 10.9. The lowest BCUT2D eigenvalue weighted by atomic mass is 9.97. The molecule has 0 unspecified atom stereocenters. The van der Waals surface area contributed by atoms with Crippen LogP contribution in [0.3, 0.4) is 0 Å². The molecule has 0 aliphatic heterocycles. The molecule has 0 radical (unpaired) electrons. The summed E-state index contributed by atoms with van der Waals surface area (Å²) in [6.07, 6.45) is -4.68. The normalized spacial score (nSPS) is 11.4. The van der Waals surface area contributed by atoms with Crippen LogP contribution in [0.2, 0.25) is 0 Å². The van der Waals surface area contributed by atoms with Crippen molar-refractivity contribution in [2.24, 2.45) is 0 Å². The van der Waals surface area contributed by atoms with Gasteiger partial charge in [0.25, 0.3) is 0 Å². The van der Waals surface area contributed by atoms with Gasteiger partial charge in [-0.05, 0) is 18.2 Å². The van der Waals surface area contributed by atoms with Gasteiger partial charge in [0.15, 0.2) is 0 Å². The Morgan fingerprint density at radius 1 is 0.950 bits per heavy atom. The Kier molecular flexibility index (Phi) is 3.44. The Balaban J connectivity index is 2.77. The maximum absolute atomic E-state index is 13.5. The van der Waals surface area contributed by atoms with E-state index in [2.05, 4.69) is 0 Å².